The number of carbonyl (C=O) groups excluding carboxylic acids is 2. The van der Waals surface area contributed by atoms with E-state index in [0.717, 1.165) is 6.07 Å². The van der Waals surface area contributed by atoms with Gasteiger partial charge in [0, 0.05) is 22.7 Å². The van der Waals surface area contributed by atoms with Gasteiger partial charge in [-0.3, -0.25) is 14.2 Å². The van der Waals surface area contributed by atoms with Crippen molar-refractivity contribution >= 4 is 46.0 Å². The Kier molecular flexibility index (Phi) is 6.09. The molecule has 1 atom stereocenters. The van der Waals surface area contributed by atoms with Gasteiger partial charge in [0.15, 0.2) is 11.6 Å². The molecule has 164 valence electrons. The van der Waals surface area contributed by atoms with Crippen molar-refractivity contribution in [2.24, 2.45) is 0 Å². The van der Waals surface area contributed by atoms with Crippen molar-refractivity contribution in [3.05, 3.63) is 63.0 Å². The maximum Gasteiger partial charge on any atom is 0.313 e. The minimum Gasteiger partial charge on any atom is -0.505 e. The molecule has 3 rings (SSSR count). The zero-order chi connectivity index (χ0) is 23.2. The lowest BCUT2D eigenvalue weighted by Gasteiger charge is -2.22. The highest BCUT2D eigenvalue weighted by molar-refractivity contribution is 6.42. The number of aromatic hydroxyl groups is 1. The average Bonchev–Trinajstić information content (AvgIpc) is 2.92. The molecule has 0 spiro atoms. The van der Waals surface area contributed by atoms with Crippen molar-refractivity contribution in [2.45, 2.75) is 46.1 Å². The molecule has 2 aromatic carbocycles. The highest BCUT2D eigenvalue weighted by Crippen LogP contribution is 2.37. The standard InChI is InChI=1S/C23H22Cl2FNO4/c1-11(22(30)31-23(3,4)5)20-12(2)27(18-10-17(26)19(28)9-14(18)20)21(29)13-6-7-15(24)16(25)8-13/h6-11,28H,1-5H3. The largest absolute Gasteiger partial charge is 0.505 e. The number of rotatable bonds is 3. The average molecular weight is 466 g/mol. The van der Waals surface area contributed by atoms with Gasteiger partial charge in [-0.15, -0.1) is 0 Å². The lowest BCUT2D eigenvalue weighted by molar-refractivity contribution is -0.156. The van der Waals surface area contributed by atoms with E-state index in [1.54, 1.807) is 34.6 Å². The Bertz CT molecular complexity index is 1210. The van der Waals surface area contributed by atoms with Crippen LogP contribution in [0.5, 0.6) is 5.75 Å². The Balaban J connectivity index is 2.24. The third-order valence-electron chi connectivity index (χ3n) is 4.88. The Labute approximate surface area is 189 Å². The van der Waals surface area contributed by atoms with E-state index in [9.17, 15) is 19.1 Å². The molecule has 0 bridgehead atoms. The highest BCUT2D eigenvalue weighted by Gasteiger charge is 2.30. The second kappa shape index (κ2) is 8.17. The van der Waals surface area contributed by atoms with E-state index in [-0.39, 0.29) is 16.1 Å². The van der Waals surface area contributed by atoms with Gasteiger partial charge in [-0.1, -0.05) is 23.2 Å². The minimum atomic E-state index is -0.885. The van der Waals surface area contributed by atoms with Gasteiger partial charge < -0.3 is 9.84 Å². The minimum absolute atomic E-state index is 0.202. The molecule has 0 fully saturated rings. The van der Waals surface area contributed by atoms with Crippen molar-refractivity contribution in [1.29, 1.82) is 0 Å². The smallest absolute Gasteiger partial charge is 0.313 e. The molecule has 0 saturated heterocycles. The molecular formula is C23H22Cl2FNO4. The number of aromatic nitrogens is 1. The summed E-state index contributed by atoms with van der Waals surface area (Å²) in [6, 6.07) is 6.71. The van der Waals surface area contributed by atoms with Gasteiger partial charge in [0.2, 0.25) is 0 Å². The van der Waals surface area contributed by atoms with Gasteiger partial charge in [-0.25, -0.2) is 4.39 Å². The third-order valence-corrected chi connectivity index (χ3v) is 5.62. The van der Waals surface area contributed by atoms with E-state index in [1.807, 2.05) is 0 Å². The van der Waals surface area contributed by atoms with E-state index in [0.29, 0.717) is 21.7 Å². The topological polar surface area (TPSA) is 68.5 Å². The van der Waals surface area contributed by atoms with Crippen LogP contribution in [0.15, 0.2) is 30.3 Å². The summed E-state index contributed by atoms with van der Waals surface area (Å²) in [7, 11) is 0. The summed E-state index contributed by atoms with van der Waals surface area (Å²) < 4.78 is 21.0. The molecule has 0 amide bonds. The van der Waals surface area contributed by atoms with Gasteiger partial charge in [0.1, 0.15) is 5.60 Å². The number of carbonyl (C=O) groups is 2. The van der Waals surface area contributed by atoms with Crippen LogP contribution in [0.4, 0.5) is 4.39 Å². The molecule has 1 unspecified atom stereocenters. The normalized spacial score (nSPS) is 12.8. The molecule has 0 saturated carbocycles. The maximum absolute atomic E-state index is 14.2. The van der Waals surface area contributed by atoms with Crippen molar-refractivity contribution < 1.29 is 23.8 Å². The van der Waals surface area contributed by atoms with Gasteiger partial charge in [0.05, 0.1) is 21.5 Å². The molecule has 1 heterocycles. The van der Waals surface area contributed by atoms with E-state index in [1.165, 1.54) is 28.8 Å². The first kappa shape index (κ1) is 23.1. The molecule has 31 heavy (non-hydrogen) atoms. The zero-order valence-corrected chi connectivity index (χ0v) is 19.2. The van der Waals surface area contributed by atoms with Crippen LogP contribution in [0.2, 0.25) is 10.0 Å². The summed E-state index contributed by atoms with van der Waals surface area (Å²) in [6.07, 6.45) is 0. The lowest BCUT2D eigenvalue weighted by atomic mass is 9.97. The molecule has 1 aromatic heterocycles. The van der Waals surface area contributed by atoms with Crippen molar-refractivity contribution in [2.75, 3.05) is 0 Å². The van der Waals surface area contributed by atoms with E-state index in [4.69, 9.17) is 27.9 Å². The number of phenolic OH excluding ortho intramolecular Hbond substituents is 1. The number of ether oxygens (including phenoxy) is 1. The molecule has 3 aromatic rings. The Morgan fingerprint density at radius 3 is 2.35 bits per heavy atom. The third kappa shape index (κ3) is 4.41. The summed E-state index contributed by atoms with van der Waals surface area (Å²) in [5.74, 6) is -3.21. The molecule has 5 nitrogen and oxygen atoms in total. The summed E-state index contributed by atoms with van der Waals surface area (Å²) in [5.41, 5.74) is 0.637. The van der Waals surface area contributed by atoms with Crippen LogP contribution in [0, 0.1) is 12.7 Å². The fourth-order valence-corrected chi connectivity index (χ4v) is 3.82. The van der Waals surface area contributed by atoms with Crippen LogP contribution in [0.1, 0.15) is 55.2 Å². The summed E-state index contributed by atoms with van der Waals surface area (Å²) >= 11 is 12.0. The van der Waals surface area contributed by atoms with Crippen LogP contribution >= 0.6 is 23.2 Å². The Hall–Kier alpha value is -2.57. The number of fused-ring (bicyclic) bond motifs is 1. The second-order valence-electron chi connectivity index (χ2n) is 8.34. The highest BCUT2D eigenvalue weighted by atomic mass is 35.5. The van der Waals surface area contributed by atoms with E-state index >= 15 is 0 Å². The molecule has 8 heteroatoms. The summed E-state index contributed by atoms with van der Waals surface area (Å²) in [5, 5.41) is 10.8. The maximum atomic E-state index is 14.2. The monoisotopic (exact) mass is 465 g/mol. The van der Waals surface area contributed by atoms with Crippen LogP contribution in [0.3, 0.4) is 0 Å². The quantitative estimate of drug-likeness (QED) is 0.465. The number of hydrogen-bond donors (Lipinski definition) is 1. The summed E-state index contributed by atoms with van der Waals surface area (Å²) in [4.78, 5) is 26.1. The second-order valence-corrected chi connectivity index (χ2v) is 9.16. The Morgan fingerprint density at radius 2 is 1.77 bits per heavy atom. The van der Waals surface area contributed by atoms with Crippen molar-refractivity contribution in [3.63, 3.8) is 0 Å². The summed E-state index contributed by atoms with van der Waals surface area (Å²) in [6.45, 7) is 8.55. The number of esters is 1. The molecule has 0 aliphatic heterocycles. The molecule has 0 aliphatic carbocycles. The van der Waals surface area contributed by atoms with Gasteiger partial charge in [0.25, 0.3) is 5.91 Å². The van der Waals surface area contributed by atoms with E-state index in [2.05, 4.69) is 0 Å². The number of phenols is 1. The fourth-order valence-electron chi connectivity index (χ4n) is 3.52. The predicted molar refractivity (Wildman–Crippen MR) is 119 cm³/mol. The zero-order valence-electron chi connectivity index (χ0n) is 17.7. The number of halogens is 3. The molecule has 0 aliphatic rings. The van der Waals surface area contributed by atoms with Crippen LogP contribution in [-0.4, -0.2) is 27.2 Å². The molecular weight excluding hydrogens is 444 g/mol. The Morgan fingerprint density at radius 1 is 1.13 bits per heavy atom. The lowest BCUT2D eigenvalue weighted by Crippen LogP contribution is -2.27. The van der Waals surface area contributed by atoms with Crippen molar-refractivity contribution in [3.8, 4) is 5.75 Å². The number of benzene rings is 2. The van der Waals surface area contributed by atoms with Crippen molar-refractivity contribution in [1.82, 2.24) is 4.57 Å². The number of hydrogen-bond acceptors (Lipinski definition) is 4. The molecule has 1 N–H and O–H groups in total. The van der Waals surface area contributed by atoms with Gasteiger partial charge in [-0.2, -0.15) is 0 Å². The van der Waals surface area contributed by atoms with Crippen LogP contribution in [0.25, 0.3) is 10.9 Å². The van der Waals surface area contributed by atoms with E-state index < -0.39 is 35.0 Å². The molecule has 0 radical (unpaired) electrons. The first-order chi connectivity index (χ1) is 14.3. The first-order valence-electron chi connectivity index (χ1n) is 9.58. The van der Waals surface area contributed by atoms with Gasteiger partial charge in [-0.05, 0) is 64.4 Å². The SMILES string of the molecule is Cc1c(C(C)C(=O)OC(C)(C)C)c2cc(O)c(F)cc2n1C(=O)c1ccc(Cl)c(Cl)c1. The first-order valence-corrected chi connectivity index (χ1v) is 10.3. The predicted octanol–water partition coefficient (Wildman–Crippen LogP) is 6.23. The fraction of sp³-hybridized carbons (Fsp3) is 0.304. The number of nitrogens with zero attached hydrogens (tertiary/aromatic N) is 1. The van der Waals surface area contributed by atoms with Gasteiger partial charge >= 0.3 is 5.97 Å². The van der Waals surface area contributed by atoms with Crippen LogP contribution in [-0.2, 0) is 9.53 Å². The van der Waals surface area contributed by atoms with Crippen LogP contribution < -0.4 is 0 Å².